The summed E-state index contributed by atoms with van der Waals surface area (Å²) < 4.78 is 0. The van der Waals surface area contributed by atoms with E-state index in [1.165, 1.54) is 24.0 Å². The normalized spacial score (nSPS) is 16.3. The standard InChI is InChI=1S/C16H13N5O2S/c22-14-7-6-13(20-19-12-4-2-1-3-5-12)8-11(14)9-17-21-16-18-15(23)10-24-16/h1-9,22H,10H2,(H,18,21,23). The Labute approximate surface area is 142 Å². The van der Waals surface area contributed by atoms with Gasteiger partial charge in [0, 0.05) is 5.56 Å². The first-order valence-corrected chi connectivity index (χ1v) is 8.03. The fourth-order valence-corrected chi connectivity index (χ4v) is 2.47. The molecule has 2 N–H and O–H groups in total. The topological polar surface area (TPSA) is 98.8 Å². The van der Waals surface area contributed by atoms with Crippen LogP contribution in [0.4, 0.5) is 11.4 Å². The number of carbonyl (C=O) groups excluding carboxylic acids is 1. The molecule has 8 heteroatoms. The summed E-state index contributed by atoms with van der Waals surface area (Å²) in [6.07, 6.45) is 1.40. The zero-order valence-corrected chi connectivity index (χ0v) is 13.3. The molecule has 0 saturated carbocycles. The molecule has 0 unspecified atom stereocenters. The number of aromatic hydroxyl groups is 1. The molecule has 0 aliphatic carbocycles. The van der Waals surface area contributed by atoms with Crippen LogP contribution in [0.3, 0.4) is 0 Å². The summed E-state index contributed by atoms with van der Waals surface area (Å²) in [6.45, 7) is 0. The summed E-state index contributed by atoms with van der Waals surface area (Å²) in [5, 5.41) is 28.9. The molecule has 2 aromatic carbocycles. The molecule has 7 nitrogen and oxygen atoms in total. The van der Waals surface area contributed by atoms with E-state index in [9.17, 15) is 9.90 Å². The zero-order valence-electron chi connectivity index (χ0n) is 12.5. The predicted octanol–water partition coefficient (Wildman–Crippen LogP) is 3.36. The average molecular weight is 339 g/mol. The number of hydrogen-bond donors (Lipinski definition) is 2. The van der Waals surface area contributed by atoms with Crippen molar-refractivity contribution in [1.29, 1.82) is 0 Å². The minimum Gasteiger partial charge on any atom is -0.507 e. The van der Waals surface area contributed by atoms with Crippen molar-refractivity contribution in [3.63, 3.8) is 0 Å². The molecule has 0 radical (unpaired) electrons. The van der Waals surface area contributed by atoms with Gasteiger partial charge in [-0.1, -0.05) is 30.0 Å². The number of amidine groups is 1. The molecule has 120 valence electrons. The maximum absolute atomic E-state index is 11.0. The van der Waals surface area contributed by atoms with Gasteiger partial charge in [0.1, 0.15) is 5.75 Å². The number of rotatable bonds is 4. The number of carbonyl (C=O) groups is 1. The molecular weight excluding hydrogens is 326 g/mol. The highest BCUT2D eigenvalue weighted by Gasteiger charge is 2.15. The maximum atomic E-state index is 11.0. The minimum absolute atomic E-state index is 0.0562. The molecule has 3 rings (SSSR count). The number of azo groups is 1. The second-order valence-electron chi connectivity index (χ2n) is 4.77. The third kappa shape index (κ3) is 4.26. The number of phenolic OH excluding ortho intramolecular Hbond substituents is 1. The number of phenols is 1. The second-order valence-corrected chi connectivity index (χ2v) is 5.73. The Morgan fingerprint density at radius 1 is 1.08 bits per heavy atom. The molecule has 1 fully saturated rings. The lowest BCUT2D eigenvalue weighted by atomic mass is 10.2. The van der Waals surface area contributed by atoms with Crippen LogP contribution in [0.1, 0.15) is 5.56 Å². The third-order valence-electron chi connectivity index (χ3n) is 2.98. The molecule has 0 aromatic heterocycles. The first-order valence-electron chi connectivity index (χ1n) is 7.04. The lowest BCUT2D eigenvalue weighted by Gasteiger charge is -1.99. The highest BCUT2D eigenvalue weighted by molar-refractivity contribution is 8.15. The van der Waals surface area contributed by atoms with Crippen molar-refractivity contribution in [2.24, 2.45) is 20.4 Å². The van der Waals surface area contributed by atoms with Gasteiger partial charge in [0.25, 0.3) is 0 Å². The summed E-state index contributed by atoms with van der Waals surface area (Å²) >= 11 is 1.28. The molecule has 0 spiro atoms. The maximum Gasteiger partial charge on any atom is 0.236 e. The van der Waals surface area contributed by atoms with E-state index in [1.54, 1.807) is 12.1 Å². The fraction of sp³-hybridized carbons (Fsp3) is 0.0625. The lowest BCUT2D eigenvalue weighted by molar-refractivity contribution is -0.116. The summed E-state index contributed by atoms with van der Waals surface area (Å²) in [5.74, 6) is 0.301. The fourth-order valence-electron chi connectivity index (χ4n) is 1.84. The molecule has 1 aliphatic heterocycles. The van der Waals surface area contributed by atoms with Gasteiger partial charge in [-0.05, 0) is 30.3 Å². The number of benzene rings is 2. The van der Waals surface area contributed by atoms with Gasteiger partial charge >= 0.3 is 0 Å². The number of nitrogens with one attached hydrogen (secondary N) is 1. The van der Waals surface area contributed by atoms with Crippen molar-refractivity contribution < 1.29 is 9.90 Å². The highest BCUT2D eigenvalue weighted by Crippen LogP contribution is 2.24. The average Bonchev–Trinajstić information content (AvgIpc) is 3.01. The van der Waals surface area contributed by atoms with Crippen LogP contribution in [0.5, 0.6) is 5.75 Å². The Bertz CT molecular complexity index is 834. The molecule has 24 heavy (non-hydrogen) atoms. The first-order chi connectivity index (χ1) is 11.7. The van der Waals surface area contributed by atoms with Gasteiger partial charge in [-0.3, -0.25) is 4.79 Å². The third-order valence-corrected chi connectivity index (χ3v) is 3.84. The van der Waals surface area contributed by atoms with Crippen LogP contribution in [0, 0.1) is 0 Å². The van der Waals surface area contributed by atoms with Crippen molar-refractivity contribution in [3.05, 3.63) is 54.1 Å². The van der Waals surface area contributed by atoms with Crippen LogP contribution in [-0.2, 0) is 4.79 Å². The van der Waals surface area contributed by atoms with Crippen molar-refractivity contribution in [1.82, 2.24) is 5.32 Å². The minimum atomic E-state index is -0.0971. The van der Waals surface area contributed by atoms with Crippen LogP contribution in [0.15, 0.2) is 69.0 Å². The smallest absolute Gasteiger partial charge is 0.236 e. The summed E-state index contributed by atoms with van der Waals surface area (Å²) in [7, 11) is 0. The van der Waals surface area contributed by atoms with Crippen LogP contribution in [-0.4, -0.2) is 28.1 Å². The van der Waals surface area contributed by atoms with Crippen molar-refractivity contribution in [2.45, 2.75) is 0 Å². The van der Waals surface area contributed by atoms with Gasteiger partial charge in [0.15, 0.2) is 5.17 Å². The molecule has 1 saturated heterocycles. The SMILES string of the molecule is O=C1CSC(=NN=Cc2cc(N=Nc3ccccc3)ccc2O)N1. The number of nitrogens with zero attached hydrogens (tertiary/aromatic N) is 4. The van der Waals surface area contributed by atoms with Crippen LogP contribution < -0.4 is 5.32 Å². The first kappa shape index (κ1) is 15.9. The molecule has 1 heterocycles. The molecule has 1 amide bonds. The van der Waals surface area contributed by atoms with E-state index < -0.39 is 0 Å². The monoisotopic (exact) mass is 339 g/mol. The zero-order chi connectivity index (χ0) is 16.8. The van der Waals surface area contributed by atoms with Crippen molar-refractivity contribution >= 4 is 40.4 Å². The van der Waals surface area contributed by atoms with E-state index in [1.807, 2.05) is 30.3 Å². The van der Waals surface area contributed by atoms with E-state index in [0.717, 1.165) is 5.69 Å². The van der Waals surface area contributed by atoms with Gasteiger partial charge in [0.05, 0.1) is 23.3 Å². The van der Waals surface area contributed by atoms with E-state index >= 15 is 0 Å². The van der Waals surface area contributed by atoms with Gasteiger partial charge in [-0.2, -0.15) is 15.3 Å². The number of hydrogen-bond acceptors (Lipinski definition) is 7. The Morgan fingerprint density at radius 2 is 1.88 bits per heavy atom. The summed E-state index contributed by atoms with van der Waals surface area (Å²) in [5.41, 5.74) is 1.77. The Balaban J connectivity index is 1.74. The van der Waals surface area contributed by atoms with Crippen LogP contribution >= 0.6 is 11.8 Å². The van der Waals surface area contributed by atoms with Crippen LogP contribution in [0.25, 0.3) is 0 Å². The molecule has 0 bridgehead atoms. The second kappa shape index (κ2) is 7.51. The molecule has 1 aliphatic rings. The summed E-state index contributed by atoms with van der Waals surface area (Å²) in [4.78, 5) is 11.0. The van der Waals surface area contributed by atoms with E-state index in [2.05, 4.69) is 25.7 Å². The van der Waals surface area contributed by atoms with Gasteiger partial charge in [-0.25, -0.2) is 0 Å². The molecule has 0 atom stereocenters. The van der Waals surface area contributed by atoms with Gasteiger partial charge < -0.3 is 10.4 Å². The summed E-state index contributed by atoms with van der Waals surface area (Å²) in [6, 6.07) is 14.2. The van der Waals surface area contributed by atoms with Crippen LogP contribution in [0.2, 0.25) is 0 Å². The van der Waals surface area contributed by atoms with E-state index in [0.29, 0.717) is 22.2 Å². The van der Waals surface area contributed by atoms with E-state index in [-0.39, 0.29) is 11.7 Å². The largest absolute Gasteiger partial charge is 0.507 e. The Kier molecular flexibility index (Phi) is 4.97. The van der Waals surface area contributed by atoms with Crippen molar-refractivity contribution in [2.75, 3.05) is 5.75 Å². The quantitative estimate of drug-likeness (QED) is 0.507. The predicted molar refractivity (Wildman–Crippen MR) is 94.4 cm³/mol. The molecule has 2 aromatic rings. The Hall–Kier alpha value is -3.00. The van der Waals surface area contributed by atoms with Gasteiger partial charge in [0.2, 0.25) is 5.91 Å². The Morgan fingerprint density at radius 3 is 2.62 bits per heavy atom. The van der Waals surface area contributed by atoms with Crippen molar-refractivity contribution in [3.8, 4) is 5.75 Å². The van der Waals surface area contributed by atoms with Gasteiger partial charge in [-0.15, -0.1) is 5.10 Å². The van der Waals surface area contributed by atoms with E-state index in [4.69, 9.17) is 0 Å². The highest BCUT2D eigenvalue weighted by atomic mass is 32.2. The molecular formula is C16H13N5O2S. The number of amides is 1. The number of thioether (sulfide) groups is 1. The lowest BCUT2D eigenvalue weighted by Crippen LogP contribution is -2.19.